The van der Waals surface area contributed by atoms with Crippen molar-refractivity contribution >= 4 is 56.0 Å². The van der Waals surface area contributed by atoms with E-state index in [1.54, 1.807) is 10.6 Å². The van der Waals surface area contributed by atoms with Gasteiger partial charge >= 0.3 is 0 Å². The van der Waals surface area contributed by atoms with E-state index >= 15 is 0 Å². The molecule has 2 heterocycles. The second-order valence-corrected chi connectivity index (χ2v) is 18.6. The molecule has 0 bridgehead atoms. The molecule has 64 heavy (non-hydrogen) atoms. The van der Waals surface area contributed by atoms with Crippen molar-refractivity contribution in [3.05, 3.63) is 92.1 Å². The predicted molar refractivity (Wildman–Crippen MR) is 239 cm³/mol. The van der Waals surface area contributed by atoms with Crippen molar-refractivity contribution in [2.24, 2.45) is 0 Å². The van der Waals surface area contributed by atoms with Gasteiger partial charge in [0.05, 0.1) is 33.6 Å². The minimum Gasteiger partial charge on any atom is -0.506 e. The molecule has 12 nitrogen and oxygen atoms in total. The van der Waals surface area contributed by atoms with E-state index in [9.17, 15) is 40.3 Å². The van der Waals surface area contributed by atoms with Gasteiger partial charge in [0.1, 0.15) is 26.4 Å². The van der Waals surface area contributed by atoms with E-state index in [0.29, 0.717) is 35.0 Å². The fraction of sp³-hybridized carbons (Fsp3) is 0.477. The topological polar surface area (TPSA) is 160 Å². The summed E-state index contributed by atoms with van der Waals surface area (Å²) < 4.78 is 104. The summed E-state index contributed by atoms with van der Waals surface area (Å²) in [6, 6.07) is 7.72. The maximum atomic E-state index is 13.7. The maximum absolute atomic E-state index is 13.7. The Morgan fingerprint density at radius 1 is 0.828 bits per heavy atom. The average molecular weight is 962 g/mol. The van der Waals surface area contributed by atoms with Crippen molar-refractivity contribution in [2.45, 2.75) is 118 Å². The highest BCUT2D eigenvalue weighted by atomic mass is 35.5. The summed E-state index contributed by atoms with van der Waals surface area (Å²) in [7, 11) is -2.99. The molecule has 0 fully saturated rings. The number of nitrogens with one attached hydrogen (secondary N) is 3. The number of phenols is 1. The van der Waals surface area contributed by atoms with Gasteiger partial charge in [-0.25, -0.2) is 26.1 Å². The van der Waals surface area contributed by atoms with Crippen LogP contribution in [0.4, 0.5) is 33.3 Å². The largest absolute Gasteiger partial charge is 0.506 e. The van der Waals surface area contributed by atoms with Gasteiger partial charge in [0, 0.05) is 12.5 Å². The molecule has 0 spiro atoms. The number of aromatic hydroxyl groups is 1. The van der Waals surface area contributed by atoms with Gasteiger partial charge in [-0.3, -0.25) is 9.89 Å². The molecule has 20 heteroatoms. The maximum Gasteiger partial charge on any atom is 0.265 e. The third-order valence-electron chi connectivity index (χ3n) is 10.2. The highest BCUT2D eigenvalue weighted by Gasteiger charge is 2.27. The highest BCUT2D eigenvalue weighted by molar-refractivity contribution is 7.91. The first kappa shape index (κ1) is 51.8. The molecule has 3 aromatic carbocycles. The molecular formula is C44H55Cl2F5N6O6S. The smallest absolute Gasteiger partial charge is 0.265 e. The van der Waals surface area contributed by atoms with Crippen molar-refractivity contribution < 1.29 is 49.7 Å². The average Bonchev–Trinajstić information content (AvgIpc) is 3.78. The first-order valence-electron chi connectivity index (χ1n) is 21.1. The van der Waals surface area contributed by atoms with Crippen molar-refractivity contribution in [1.29, 1.82) is 0 Å². The Morgan fingerprint density at radius 3 is 2.05 bits per heavy atom. The lowest BCUT2D eigenvalue weighted by Crippen LogP contribution is -2.30. The third kappa shape index (κ3) is 14.6. The molecule has 0 radical (unpaired) electrons. The Balaban J connectivity index is 0.000000290. The van der Waals surface area contributed by atoms with E-state index in [4.69, 9.17) is 27.9 Å². The molecule has 5 aromatic rings. The number of carbonyl (C=O) groups is 1. The first-order chi connectivity index (χ1) is 30.3. The fourth-order valence-electron chi connectivity index (χ4n) is 6.59. The number of carbonyl (C=O) groups excluding carboxylic acids is 1. The van der Waals surface area contributed by atoms with Crippen LogP contribution in [0.15, 0.2) is 30.3 Å². The number of hydrogen-bond donors (Lipinski definition) is 4. The number of anilines is 2. The second kappa shape index (κ2) is 24.5. The molecule has 0 aliphatic rings. The molecule has 1 amide bonds. The predicted octanol–water partition coefficient (Wildman–Crippen LogP) is 11.5. The Bertz CT molecular complexity index is 2440. The lowest BCUT2D eigenvalue weighted by atomic mass is 10.1. The number of rotatable bonds is 23. The van der Waals surface area contributed by atoms with E-state index in [1.807, 2.05) is 32.9 Å². The second-order valence-electron chi connectivity index (χ2n) is 15.5. The number of amides is 1. The molecule has 0 aliphatic heterocycles. The number of aromatic nitrogens is 4. The van der Waals surface area contributed by atoms with Crippen LogP contribution in [0.5, 0.6) is 17.2 Å². The Labute approximate surface area is 380 Å². The van der Waals surface area contributed by atoms with Gasteiger partial charge in [-0.15, -0.1) is 10.2 Å². The van der Waals surface area contributed by atoms with Crippen LogP contribution in [-0.2, 0) is 21.1 Å². The number of aromatic amines is 1. The minimum absolute atomic E-state index is 0.0291. The standard InChI is InChI=1S/C24H20ClF5N2O4.C20H35ClN4O2S/c1-10-4-5-17(11(2)6-10)36-12(3)24(34)32-14-8-16(33)15(7-13(14)25)31-9-35-23-21(29)19(27)18(26)20(28)22(23)30;1-3-4-5-6-7-8-9-10-11-12-15-28(26,27)16-13-14-18-22-23-20-19(21)17(2)24-25(18)20/h4-8,12,31,33H,9H2,1-3H3,(H,32,34);24H,3-16H2,1-2H3. The summed E-state index contributed by atoms with van der Waals surface area (Å²) in [5.74, 6) is -11.7. The van der Waals surface area contributed by atoms with Gasteiger partial charge in [0.2, 0.25) is 29.1 Å². The molecule has 5 rings (SSSR count). The number of hydrogen-bond acceptors (Lipinski definition) is 9. The third-order valence-corrected chi connectivity index (χ3v) is 12.8. The van der Waals surface area contributed by atoms with Crippen LogP contribution in [0, 0.1) is 49.9 Å². The molecule has 4 N–H and O–H groups in total. The van der Waals surface area contributed by atoms with E-state index in [0.717, 1.165) is 54.0 Å². The Kier molecular flexibility index (Phi) is 19.8. The van der Waals surface area contributed by atoms with E-state index in [2.05, 4.69) is 37.6 Å². The van der Waals surface area contributed by atoms with Crippen LogP contribution in [0.2, 0.25) is 10.0 Å². The number of ether oxygens (including phenoxy) is 2. The summed E-state index contributed by atoms with van der Waals surface area (Å²) in [6.07, 6.45) is 12.3. The number of aryl methyl sites for hydroxylation is 4. The van der Waals surface area contributed by atoms with Crippen molar-refractivity contribution in [1.82, 2.24) is 19.8 Å². The number of benzene rings is 3. The highest BCUT2D eigenvalue weighted by Crippen LogP contribution is 2.35. The van der Waals surface area contributed by atoms with Crippen molar-refractivity contribution in [3.63, 3.8) is 0 Å². The number of nitrogens with zero attached hydrogens (tertiary/aromatic N) is 3. The van der Waals surface area contributed by atoms with Crippen LogP contribution in [0.25, 0.3) is 5.65 Å². The van der Waals surface area contributed by atoms with E-state index in [-0.39, 0.29) is 22.2 Å². The van der Waals surface area contributed by atoms with Crippen LogP contribution in [-0.4, -0.2) is 63.6 Å². The van der Waals surface area contributed by atoms with Crippen LogP contribution < -0.4 is 20.1 Å². The molecule has 1 atom stereocenters. The summed E-state index contributed by atoms with van der Waals surface area (Å²) in [5.41, 5.74) is 3.23. The molecule has 1 unspecified atom stereocenters. The van der Waals surface area contributed by atoms with E-state index < -0.39 is 69.2 Å². The van der Waals surface area contributed by atoms with Crippen molar-refractivity contribution in [3.8, 4) is 17.2 Å². The summed E-state index contributed by atoms with van der Waals surface area (Å²) in [5, 5.41) is 26.9. The molecule has 2 aromatic heterocycles. The number of halogens is 7. The van der Waals surface area contributed by atoms with Crippen LogP contribution >= 0.6 is 23.2 Å². The summed E-state index contributed by atoms with van der Waals surface area (Å²) >= 11 is 12.3. The van der Waals surface area contributed by atoms with Crippen LogP contribution in [0.3, 0.4) is 0 Å². The molecule has 0 saturated heterocycles. The first-order valence-corrected chi connectivity index (χ1v) is 23.7. The van der Waals surface area contributed by atoms with E-state index in [1.165, 1.54) is 51.9 Å². The number of phenolic OH excluding ortho intramolecular Hbond substituents is 1. The summed E-state index contributed by atoms with van der Waals surface area (Å²) in [6.45, 7) is 8.59. The zero-order chi connectivity index (χ0) is 47.1. The van der Waals surface area contributed by atoms with Gasteiger partial charge in [0.25, 0.3) is 5.91 Å². The van der Waals surface area contributed by atoms with Gasteiger partial charge in [-0.05, 0) is 58.2 Å². The van der Waals surface area contributed by atoms with Gasteiger partial charge in [-0.2, -0.15) is 8.78 Å². The Morgan fingerprint density at radius 2 is 1.42 bits per heavy atom. The quantitative estimate of drug-likeness (QED) is 0.0125. The Hall–Kier alpha value is -4.81. The lowest BCUT2D eigenvalue weighted by molar-refractivity contribution is -0.122. The van der Waals surface area contributed by atoms with Crippen LogP contribution in [0.1, 0.15) is 107 Å². The van der Waals surface area contributed by atoms with Crippen molar-refractivity contribution in [2.75, 3.05) is 28.9 Å². The van der Waals surface area contributed by atoms with Gasteiger partial charge < -0.3 is 25.2 Å². The monoisotopic (exact) mass is 960 g/mol. The zero-order valence-electron chi connectivity index (χ0n) is 36.5. The molecular weight excluding hydrogens is 906 g/mol. The lowest BCUT2D eigenvalue weighted by Gasteiger charge is -2.18. The molecule has 0 aliphatic carbocycles. The fourth-order valence-corrected chi connectivity index (χ4v) is 8.40. The normalized spacial score (nSPS) is 11.9. The number of sulfone groups is 1. The SMILES string of the molecule is CCCCCCCCCCCCS(=O)(=O)CCCc1nnc2c(Cl)c(C)[nH]n12.Cc1ccc(OC(C)C(=O)Nc2cc(O)c(NCOc3c(F)c(F)c(F)c(F)c3F)cc2Cl)c(C)c1. The molecule has 352 valence electrons. The van der Waals surface area contributed by atoms with Gasteiger partial charge in [0.15, 0.2) is 30.1 Å². The molecule has 0 saturated carbocycles. The number of fused-ring (bicyclic) bond motifs is 1. The number of H-pyrrole nitrogens is 1. The van der Waals surface area contributed by atoms with Gasteiger partial charge in [-0.1, -0.05) is 106 Å². The minimum atomic E-state index is -2.99. The zero-order valence-corrected chi connectivity index (χ0v) is 38.8. The summed E-state index contributed by atoms with van der Waals surface area (Å²) in [4.78, 5) is 12.5. The number of unbranched alkanes of at least 4 members (excludes halogenated alkanes) is 9.